The maximum absolute atomic E-state index is 5.50. The summed E-state index contributed by atoms with van der Waals surface area (Å²) in [6.45, 7) is 6.06. The summed E-state index contributed by atoms with van der Waals surface area (Å²) in [6.07, 6.45) is 3.81. The fourth-order valence-corrected chi connectivity index (χ4v) is 2.11. The van der Waals surface area contributed by atoms with Crippen LogP contribution in [0.5, 0.6) is 5.75 Å². The molecule has 1 aliphatic heterocycles. The largest absolute Gasteiger partial charge is 0.493 e. The van der Waals surface area contributed by atoms with Crippen LogP contribution in [0.15, 0.2) is 35.8 Å². The first-order valence-corrected chi connectivity index (χ1v) is 6.63. The monoisotopic (exact) mass is 387 g/mol. The van der Waals surface area contributed by atoms with Gasteiger partial charge in [-0.05, 0) is 23.6 Å². The van der Waals surface area contributed by atoms with Crippen molar-refractivity contribution in [3.05, 3.63) is 42.0 Å². The fourth-order valence-electron chi connectivity index (χ4n) is 2.11. The molecule has 2 rings (SSSR count). The Morgan fingerprint density at radius 2 is 2.30 bits per heavy atom. The van der Waals surface area contributed by atoms with Gasteiger partial charge in [-0.1, -0.05) is 18.2 Å². The number of nitrogens with one attached hydrogen (secondary N) is 2. The first-order valence-electron chi connectivity index (χ1n) is 6.63. The molecule has 2 N–H and O–H groups in total. The lowest BCUT2D eigenvalue weighted by Crippen LogP contribution is -2.38. The number of halogens is 1. The van der Waals surface area contributed by atoms with E-state index in [1.165, 1.54) is 11.1 Å². The molecule has 0 atom stereocenters. The predicted octanol–water partition coefficient (Wildman–Crippen LogP) is 2.13. The maximum atomic E-state index is 5.50. The molecule has 0 saturated heterocycles. The Balaban J connectivity index is 0.00000200. The third kappa shape index (κ3) is 4.70. The second-order valence-corrected chi connectivity index (χ2v) is 4.46. The van der Waals surface area contributed by atoms with Gasteiger partial charge in [-0.15, -0.1) is 30.6 Å². The Bertz CT molecular complexity index is 474. The van der Waals surface area contributed by atoms with Crippen molar-refractivity contribution < 1.29 is 4.74 Å². The molecule has 4 nitrogen and oxygen atoms in total. The van der Waals surface area contributed by atoms with Gasteiger partial charge in [0.15, 0.2) is 5.96 Å². The standard InChI is InChI=1S/C15H21N3O.HI/c1-3-8-17-15(16-2)18-9-6-12-4-5-14-13(11-12)7-10-19-14;/h3-5,11H,1,6-10H2,2H3,(H2,16,17,18);1H. The molecule has 0 amide bonds. The van der Waals surface area contributed by atoms with Crippen LogP contribution in [-0.4, -0.2) is 32.7 Å². The van der Waals surface area contributed by atoms with Crippen molar-refractivity contribution in [3.63, 3.8) is 0 Å². The van der Waals surface area contributed by atoms with Crippen molar-refractivity contribution in [2.24, 2.45) is 4.99 Å². The van der Waals surface area contributed by atoms with E-state index in [0.29, 0.717) is 0 Å². The Hall–Kier alpha value is -1.24. The zero-order chi connectivity index (χ0) is 13.5. The molecular formula is C15H22IN3O. The normalized spacial score (nSPS) is 12.9. The van der Waals surface area contributed by atoms with Crippen molar-refractivity contribution >= 4 is 29.9 Å². The SMILES string of the molecule is C=CCNC(=NC)NCCc1ccc2c(c1)CCO2.I. The van der Waals surface area contributed by atoms with Crippen LogP contribution in [0.25, 0.3) is 0 Å². The number of hydrogen-bond donors (Lipinski definition) is 2. The van der Waals surface area contributed by atoms with Gasteiger partial charge in [0.1, 0.15) is 5.75 Å². The third-order valence-corrected chi connectivity index (χ3v) is 3.10. The van der Waals surface area contributed by atoms with E-state index in [1.54, 1.807) is 7.05 Å². The molecule has 20 heavy (non-hydrogen) atoms. The molecule has 0 unspecified atom stereocenters. The average molecular weight is 387 g/mol. The Labute approximate surface area is 137 Å². The second-order valence-electron chi connectivity index (χ2n) is 4.46. The molecular weight excluding hydrogens is 365 g/mol. The second kappa shape index (κ2) is 8.84. The summed E-state index contributed by atoms with van der Waals surface area (Å²) in [5.41, 5.74) is 2.66. The van der Waals surface area contributed by atoms with E-state index in [9.17, 15) is 0 Å². The number of hydrogen-bond acceptors (Lipinski definition) is 2. The molecule has 5 heteroatoms. The van der Waals surface area contributed by atoms with Crippen molar-refractivity contribution in [3.8, 4) is 5.75 Å². The molecule has 0 bridgehead atoms. The molecule has 1 aromatic rings. The molecule has 0 aromatic heterocycles. The minimum absolute atomic E-state index is 0. The lowest BCUT2D eigenvalue weighted by Gasteiger charge is -2.10. The van der Waals surface area contributed by atoms with E-state index in [0.717, 1.165) is 44.2 Å². The van der Waals surface area contributed by atoms with Gasteiger partial charge in [0.05, 0.1) is 6.61 Å². The lowest BCUT2D eigenvalue weighted by atomic mass is 10.1. The third-order valence-electron chi connectivity index (χ3n) is 3.10. The quantitative estimate of drug-likeness (QED) is 0.352. The summed E-state index contributed by atoms with van der Waals surface area (Å²) in [7, 11) is 1.77. The van der Waals surface area contributed by atoms with E-state index in [-0.39, 0.29) is 24.0 Å². The molecule has 1 aliphatic rings. The van der Waals surface area contributed by atoms with Crippen LogP contribution < -0.4 is 15.4 Å². The molecule has 1 heterocycles. The van der Waals surface area contributed by atoms with Gasteiger partial charge in [0, 0.05) is 26.6 Å². The van der Waals surface area contributed by atoms with Crippen LogP contribution in [-0.2, 0) is 12.8 Å². The lowest BCUT2D eigenvalue weighted by molar-refractivity contribution is 0.357. The van der Waals surface area contributed by atoms with Crippen molar-refractivity contribution in [1.82, 2.24) is 10.6 Å². The first kappa shape index (κ1) is 16.8. The van der Waals surface area contributed by atoms with Crippen LogP contribution in [0.2, 0.25) is 0 Å². The van der Waals surface area contributed by atoms with Gasteiger partial charge in [-0.2, -0.15) is 0 Å². The summed E-state index contributed by atoms with van der Waals surface area (Å²) in [5, 5.41) is 6.43. The van der Waals surface area contributed by atoms with Gasteiger partial charge < -0.3 is 15.4 Å². The van der Waals surface area contributed by atoms with E-state index >= 15 is 0 Å². The number of benzene rings is 1. The molecule has 110 valence electrons. The molecule has 0 fully saturated rings. The number of rotatable bonds is 5. The summed E-state index contributed by atoms with van der Waals surface area (Å²) < 4.78 is 5.50. The summed E-state index contributed by atoms with van der Waals surface area (Å²) >= 11 is 0. The summed E-state index contributed by atoms with van der Waals surface area (Å²) in [4.78, 5) is 4.14. The van der Waals surface area contributed by atoms with Crippen molar-refractivity contribution in [2.75, 3.05) is 26.7 Å². The molecule has 0 saturated carbocycles. The van der Waals surface area contributed by atoms with Crippen LogP contribution in [0.3, 0.4) is 0 Å². The van der Waals surface area contributed by atoms with Gasteiger partial charge in [0.2, 0.25) is 0 Å². The predicted molar refractivity (Wildman–Crippen MR) is 94.3 cm³/mol. The molecule has 1 aromatic carbocycles. The van der Waals surface area contributed by atoms with E-state index in [2.05, 4.69) is 40.4 Å². The summed E-state index contributed by atoms with van der Waals surface area (Å²) in [6, 6.07) is 6.44. The first-order chi connectivity index (χ1) is 9.33. The highest BCUT2D eigenvalue weighted by Gasteiger charge is 2.11. The van der Waals surface area contributed by atoms with Crippen LogP contribution in [0.4, 0.5) is 0 Å². The topological polar surface area (TPSA) is 45.7 Å². The van der Waals surface area contributed by atoms with Gasteiger partial charge in [-0.3, -0.25) is 4.99 Å². The average Bonchev–Trinajstić information content (AvgIpc) is 2.90. The van der Waals surface area contributed by atoms with E-state index in [1.807, 2.05) is 6.08 Å². The van der Waals surface area contributed by atoms with Gasteiger partial charge in [-0.25, -0.2) is 0 Å². The molecule has 0 spiro atoms. The maximum Gasteiger partial charge on any atom is 0.191 e. The number of guanidine groups is 1. The zero-order valence-corrected chi connectivity index (χ0v) is 14.1. The highest BCUT2D eigenvalue weighted by Crippen LogP contribution is 2.25. The van der Waals surface area contributed by atoms with Gasteiger partial charge in [0.25, 0.3) is 0 Å². The fraction of sp³-hybridized carbons (Fsp3) is 0.400. The van der Waals surface area contributed by atoms with Crippen molar-refractivity contribution in [2.45, 2.75) is 12.8 Å². The van der Waals surface area contributed by atoms with Crippen LogP contribution in [0.1, 0.15) is 11.1 Å². The molecule has 0 radical (unpaired) electrons. The highest BCUT2D eigenvalue weighted by atomic mass is 127. The van der Waals surface area contributed by atoms with E-state index in [4.69, 9.17) is 4.74 Å². The van der Waals surface area contributed by atoms with E-state index < -0.39 is 0 Å². The van der Waals surface area contributed by atoms with Gasteiger partial charge >= 0.3 is 0 Å². The number of fused-ring (bicyclic) bond motifs is 1. The minimum Gasteiger partial charge on any atom is -0.493 e. The highest BCUT2D eigenvalue weighted by molar-refractivity contribution is 14.0. The Morgan fingerprint density at radius 1 is 1.45 bits per heavy atom. The minimum atomic E-state index is 0. The number of nitrogens with zero attached hydrogens (tertiary/aromatic N) is 1. The summed E-state index contributed by atoms with van der Waals surface area (Å²) in [5.74, 6) is 1.85. The number of ether oxygens (including phenoxy) is 1. The Kier molecular flexibility index (Phi) is 7.43. The number of aliphatic imine (C=N–C) groups is 1. The smallest absolute Gasteiger partial charge is 0.191 e. The molecule has 0 aliphatic carbocycles. The Morgan fingerprint density at radius 3 is 3.05 bits per heavy atom. The van der Waals surface area contributed by atoms with Crippen LogP contribution in [0, 0.1) is 0 Å². The zero-order valence-electron chi connectivity index (χ0n) is 11.8. The van der Waals surface area contributed by atoms with Crippen molar-refractivity contribution in [1.29, 1.82) is 0 Å². The van der Waals surface area contributed by atoms with Crippen LogP contribution >= 0.6 is 24.0 Å².